The van der Waals surface area contributed by atoms with Crippen molar-refractivity contribution in [2.24, 2.45) is 7.05 Å². The molecule has 0 aliphatic carbocycles. The normalized spacial score (nSPS) is 22.5. The molecule has 2 aliphatic heterocycles. The summed E-state index contributed by atoms with van der Waals surface area (Å²) in [5, 5.41) is 4.28. The molecule has 2 fully saturated rings. The molecule has 1 spiro atoms. The van der Waals surface area contributed by atoms with Crippen molar-refractivity contribution < 1.29 is 9.53 Å². The second-order valence-electron chi connectivity index (χ2n) is 7.45. The maximum Gasteiger partial charge on any atom is 0.254 e. The molecule has 0 unspecified atom stereocenters. The highest BCUT2D eigenvalue weighted by Crippen LogP contribution is 2.42. The summed E-state index contributed by atoms with van der Waals surface area (Å²) in [5.41, 5.74) is 3.06. The molecule has 5 heteroatoms. The lowest BCUT2D eigenvalue weighted by Gasteiger charge is -2.39. The molecule has 0 saturated carbocycles. The summed E-state index contributed by atoms with van der Waals surface area (Å²) in [4.78, 5) is 14.8. The average molecular weight is 339 g/mol. The van der Waals surface area contributed by atoms with Crippen LogP contribution in [0.4, 0.5) is 0 Å². The molecule has 0 radical (unpaired) electrons. The minimum atomic E-state index is -0.0664. The highest BCUT2D eigenvalue weighted by molar-refractivity contribution is 5.95. The highest BCUT2D eigenvalue weighted by Gasteiger charge is 2.44. The number of likely N-dealkylation sites (tertiary alicyclic amines) is 1. The van der Waals surface area contributed by atoms with E-state index in [4.69, 9.17) is 4.74 Å². The molecule has 5 nitrogen and oxygen atoms in total. The van der Waals surface area contributed by atoms with Gasteiger partial charge in [-0.05, 0) is 43.4 Å². The fourth-order valence-corrected chi connectivity index (χ4v) is 4.16. The summed E-state index contributed by atoms with van der Waals surface area (Å²) in [6.45, 7) is 4.30. The predicted molar refractivity (Wildman–Crippen MR) is 95.6 cm³/mol. The van der Waals surface area contributed by atoms with E-state index in [0.29, 0.717) is 5.92 Å². The smallest absolute Gasteiger partial charge is 0.254 e. The van der Waals surface area contributed by atoms with Gasteiger partial charge in [-0.15, -0.1) is 0 Å². The van der Waals surface area contributed by atoms with Gasteiger partial charge >= 0.3 is 0 Å². The largest absolute Gasteiger partial charge is 0.374 e. The maximum absolute atomic E-state index is 12.8. The number of hydrogen-bond acceptors (Lipinski definition) is 3. The zero-order valence-electron chi connectivity index (χ0n) is 14.9. The SMILES string of the molecule is Cc1ccccc1C(=O)N1CCC2(CC1)C[C@@H](c1cnn(C)c1)CO2. The third-order valence-electron chi connectivity index (χ3n) is 5.74. The molecule has 2 saturated heterocycles. The Morgan fingerprint density at radius 1 is 1.28 bits per heavy atom. The van der Waals surface area contributed by atoms with Crippen molar-refractivity contribution in [3.8, 4) is 0 Å². The van der Waals surface area contributed by atoms with Crippen molar-refractivity contribution in [3.63, 3.8) is 0 Å². The van der Waals surface area contributed by atoms with Gasteiger partial charge in [0.05, 0.1) is 18.4 Å². The van der Waals surface area contributed by atoms with Crippen LogP contribution in [0.15, 0.2) is 36.7 Å². The zero-order valence-corrected chi connectivity index (χ0v) is 14.9. The molecule has 1 amide bonds. The first-order valence-corrected chi connectivity index (χ1v) is 9.04. The van der Waals surface area contributed by atoms with Crippen LogP contribution in [0, 0.1) is 6.92 Å². The van der Waals surface area contributed by atoms with E-state index in [1.807, 2.05) is 54.0 Å². The molecule has 1 aromatic carbocycles. The first-order valence-electron chi connectivity index (χ1n) is 9.04. The van der Waals surface area contributed by atoms with Crippen molar-refractivity contribution in [1.82, 2.24) is 14.7 Å². The number of benzene rings is 1. The quantitative estimate of drug-likeness (QED) is 0.845. The fourth-order valence-electron chi connectivity index (χ4n) is 4.16. The Morgan fingerprint density at radius 3 is 2.72 bits per heavy atom. The Kier molecular flexibility index (Phi) is 4.12. The minimum absolute atomic E-state index is 0.0664. The van der Waals surface area contributed by atoms with Gasteiger partial charge < -0.3 is 9.64 Å². The second-order valence-corrected chi connectivity index (χ2v) is 7.45. The van der Waals surface area contributed by atoms with Crippen LogP contribution >= 0.6 is 0 Å². The molecule has 1 atom stereocenters. The van der Waals surface area contributed by atoms with E-state index >= 15 is 0 Å². The fraction of sp³-hybridized carbons (Fsp3) is 0.500. The van der Waals surface area contributed by atoms with Gasteiger partial charge in [-0.25, -0.2) is 0 Å². The number of piperidine rings is 1. The molecular formula is C20H25N3O2. The van der Waals surface area contributed by atoms with Crippen LogP contribution in [0.2, 0.25) is 0 Å². The van der Waals surface area contributed by atoms with Gasteiger partial charge in [0.25, 0.3) is 5.91 Å². The van der Waals surface area contributed by atoms with E-state index in [1.54, 1.807) is 0 Å². The number of carbonyl (C=O) groups excluding carboxylic acids is 1. The van der Waals surface area contributed by atoms with Crippen molar-refractivity contribution in [1.29, 1.82) is 0 Å². The molecule has 2 aliphatic rings. The van der Waals surface area contributed by atoms with Crippen LogP contribution in [0.3, 0.4) is 0 Å². The number of carbonyl (C=O) groups is 1. The molecule has 0 bridgehead atoms. The third kappa shape index (κ3) is 3.09. The lowest BCUT2D eigenvalue weighted by atomic mass is 9.83. The monoisotopic (exact) mass is 339 g/mol. The van der Waals surface area contributed by atoms with E-state index in [1.165, 1.54) is 5.56 Å². The third-order valence-corrected chi connectivity index (χ3v) is 5.74. The van der Waals surface area contributed by atoms with Crippen molar-refractivity contribution in [3.05, 3.63) is 53.3 Å². The van der Waals surface area contributed by atoms with Crippen molar-refractivity contribution >= 4 is 5.91 Å². The van der Waals surface area contributed by atoms with E-state index in [-0.39, 0.29) is 11.5 Å². The van der Waals surface area contributed by atoms with E-state index in [2.05, 4.69) is 11.3 Å². The van der Waals surface area contributed by atoms with Crippen molar-refractivity contribution in [2.75, 3.05) is 19.7 Å². The van der Waals surface area contributed by atoms with Crippen LogP contribution in [-0.4, -0.2) is 45.9 Å². The average Bonchev–Trinajstić information content (AvgIpc) is 3.22. The van der Waals surface area contributed by atoms with Crippen LogP contribution < -0.4 is 0 Å². The molecule has 1 aromatic heterocycles. The van der Waals surface area contributed by atoms with Crippen LogP contribution in [0.25, 0.3) is 0 Å². The number of rotatable bonds is 2. The molecule has 25 heavy (non-hydrogen) atoms. The summed E-state index contributed by atoms with van der Waals surface area (Å²) in [5.74, 6) is 0.571. The lowest BCUT2D eigenvalue weighted by Crippen LogP contribution is -2.46. The van der Waals surface area contributed by atoms with Crippen LogP contribution in [-0.2, 0) is 11.8 Å². The van der Waals surface area contributed by atoms with Gasteiger partial charge in [-0.1, -0.05) is 18.2 Å². The number of hydrogen-bond donors (Lipinski definition) is 0. The first-order chi connectivity index (χ1) is 12.1. The summed E-state index contributed by atoms with van der Waals surface area (Å²) >= 11 is 0. The number of aromatic nitrogens is 2. The highest BCUT2D eigenvalue weighted by atomic mass is 16.5. The van der Waals surface area contributed by atoms with Crippen LogP contribution in [0.5, 0.6) is 0 Å². The Balaban J connectivity index is 1.40. The first kappa shape index (κ1) is 16.3. The summed E-state index contributed by atoms with van der Waals surface area (Å²) in [7, 11) is 1.95. The van der Waals surface area contributed by atoms with Gasteiger partial charge in [-0.2, -0.15) is 5.10 Å². The zero-order chi connectivity index (χ0) is 17.4. The molecule has 3 heterocycles. The standard InChI is InChI=1S/C20H25N3O2/c1-15-5-3-4-6-18(15)19(24)23-9-7-20(8-10-23)11-16(14-25-20)17-12-21-22(2)13-17/h3-6,12-13,16H,7-11,14H2,1-2H3/t16-/m1/s1. The maximum atomic E-state index is 12.8. The summed E-state index contributed by atoms with van der Waals surface area (Å²) in [6.07, 6.45) is 6.90. The van der Waals surface area contributed by atoms with Gasteiger partial charge in [0, 0.05) is 37.8 Å². The topological polar surface area (TPSA) is 47.4 Å². The number of ether oxygens (including phenoxy) is 1. The Hall–Kier alpha value is -2.14. The predicted octanol–water partition coefficient (Wildman–Crippen LogP) is 2.91. The Labute approximate surface area is 148 Å². The van der Waals surface area contributed by atoms with Gasteiger partial charge in [0.15, 0.2) is 0 Å². The molecule has 4 rings (SSSR count). The Morgan fingerprint density at radius 2 is 2.04 bits per heavy atom. The van der Waals surface area contributed by atoms with Gasteiger partial charge in [-0.3, -0.25) is 9.48 Å². The minimum Gasteiger partial charge on any atom is -0.374 e. The summed E-state index contributed by atoms with van der Waals surface area (Å²) in [6, 6.07) is 7.83. The number of amides is 1. The number of aryl methyl sites for hydroxylation is 2. The lowest BCUT2D eigenvalue weighted by molar-refractivity contribution is -0.0388. The summed E-state index contributed by atoms with van der Waals surface area (Å²) < 4.78 is 8.09. The van der Waals surface area contributed by atoms with Crippen LogP contribution in [0.1, 0.15) is 46.7 Å². The second kappa shape index (κ2) is 6.30. The molecule has 132 valence electrons. The number of nitrogens with zero attached hydrogens (tertiary/aromatic N) is 3. The van der Waals surface area contributed by atoms with Crippen molar-refractivity contribution in [2.45, 2.75) is 37.7 Å². The molecule has 2 aromatic rings. The van der Waals surface area contributed by atoms with E-state index in [9.17, 15) is 4.79 Å². The molecule has 0 N–H and O–H groups in total. The van der Waals surface area contributed by atoms with E-state index < -0.39 is 0 Å². The van der Waals surface area contributed by atoms with E-state index in [0.717, 1.165) is 50.1 Å². The molecular weight excluding hydrogens is 314 g/mol. The van der Waals surface area contributed by atoms with Gasteiger partial charge in [0.1, 0.15) is 0 Å². The van der Waals surface area contributed by atoms with Gasteiger partial charge in [0.2, 0.25) is 0 Å². The Bertz CT molecular complexity index is 775.